The normalized spacial score (nSPS) is 16.4. The Labute approximate surface area is 127 Å². The van der Waals surface area contributed by atoms with Crippen LogP contribution in [0.4, 0.5) is 0 Å². The van der Waals surface area contributed by atoms with E-state index in [0.29, 0.717) is 35.5 Å². The standard InChI is InChI=1S/C13H17ClN6O/c1-9-11(14)12(18(2)17-9)13(21)19-5-3-10(4-6-19)20-7-15-16-8-20/h7-8,10H,3-6H2,1-2H3. The Morgan fingerprint density at radius 3 is 2.43 bits per heavy atom. The number of carbonyl (C=O) groups is 1. The number of nitrogens with zero attached hydrogens (tertiary/aromatic N) is 6. The van der Waals surface area contributed by atoms with Crippen molar-refractivity contribution in [1.29, 1.82) is 0 Å². The maximum atomic E-state index is 12.6. The zero-order chi connectivity index (χ0) is 15.0. The molecular weight excluding hydrogens is 292 g/mol. The van der Waals surface area contributed by atoms with Gasteiger partial charge in [-0.1, -0.05) is 11.6 Å². The van der Waals surface area contributed by atoms with Crippen LogP contribution in [-0.4, -0.2) is 48.4 Å². The molecule has 112 valence electrons. The van der Waals surface area contributed by atoms with Crippen LogP contribution in [0, 0.1) is 6.92 Å². The minimum absolute atomic E-state index is 0.0506. The van der Waals surface area contributed by atoms with Crippen LogP contribution in [0.1, 0.15) is 35.1 Å². The average molecular weight is 309 g/mol. The first kappa shape index (κ1) is 14.1. The largest absolute Gasteiger partial charge is 0.337 e. The van der Waals surface area contributed by atoms with Crippen molar-refractivity contribution in [2.75, 3.05) is 13.1 Å². The van der Waals surface area contributed by atoms with Crippen molar-refractivity contribution >= 4 is 17.5 Å². The van der Waals surface area contributed by atoms with Gasteiger partial charge in [0.05, 0.1) is 10.7 Å². The van der Waals surface area contributed by atoms with Gasteiger partial charge in [-0.15, -0.1) is 10.2 Å². The van der Waals surface area contributed by atoms with Gasteiger partial charge in [0.25, 0.3) is 5.91 Å². The van der Waals surface area contributed by atoms with Crippen LogP contribution < -0.4 is 0 Å². The molecule has 7 nitrogen and oxygen atoms in total. The van der Waals surface area contributed by atoms with Gasteiger partial charge in [-0.05, 0) is 19.8 Å². The molecule has 0 bridgehead atoms. The highest BCUT2D eigenvalue weighted by Crippen LogP contribution is 2.26. The molecule has 0 N–H and O–H groups in total. The van der Waals surface area contributed by atoms with Crippen molar-refractivity contribution in [3.05, 3.63) is 29.1 Å². The molecular formula is C13H17ClN6O. The summed E-state index contributed by atoms with van der Waals surface area (Å²) in [5, 5.41) is 12.3. The summed E-state index contributed by atoms with van der Waals surface area (Å²) in [6.45, 7) is 3.20. The summed E-state index contributed by atoms with van der Waals surface area (Å²) in [5.74, 6) is -0.0506. The molecule has 1 aliphatic rings. The molecule has 2 aromatic heterocycles. The van der Waals surface area contributed by atoms with Crippen molar-refractivity contribution in [2.24, 2.45) is 7.05 Å². The Bertz CT molecular complexity index is 642. The van der Waals surface area contributed by atoms with Gasteiger partial charge in [0, 0.05) is 26.2 Å². The molecule has 1 aliphatic heterocycles. The predicted octanol–water partition coefficient (Wildman–Crippen LogP) is 1.45. The zero-order valence-electron chi connectivity index (χ0n) is 12.0. The van der Waals surface area contributed by atoms with Crippen LogP contribution in [0.5, 0.6) is 0 Å². The third kappa shape index (κ3) is 2.53. The molecule has 0 aromatic carbocycles. The van der Waals surface area contributed by atoms with Crippen molar-refractivity contribution < 1.29 is 4.79 Å². The zero-order valence-corrected chi connectivity index (χ0v) is 12.8. The van der Waals surface area contributed by atoms with E-state index in [2.05, 4.69) is 15.3 Å². The molecule has 0 spiro atoms. The topological polar surface area (TPSA) is 68.8 Å². The molecule has 3 rings (SSSR count). The van der Waals surface area contributed by atoms with Crippen molar-refractivity contribution in [3.63, 3.8) is 0 Å². The van der Waals surface area contributed by atoms with E-state index in [9.17, 15) is 4.79 Å². The van der Waals surface area contributed by atoms with Crippen LogP contribution in [0.15, 0.2) is 12.7 Å². The second-order valence-electron chi connectivity index (χ2n) is 5.30. The number of hydrogen-bond acceptors (Lipinski definition) is 4. The maximum absolute atomic E-state index is 12.6. The number of aromatic nitrogens is 5. The number of hydrogen-bond donors (Lipinski definition) is 0. The Balaban J connectivity index is 1.70. The first-order chi connectivity index (χ1) is 10.1. The lowest BCUT2D eigenvalue weighted by molar-refractivity contribution is 0.0683. The molecule has 1 amide bonds. The molecule has 0 saturated carbocycles. The van der Waals surface area contributed by atoms with E-state index in [1.807, 2.05) is 9.47 Å². The quantitative estimate of drug-likeness (QED) is 0.842. The molecule has 8 heteroatoms. The number of halogens is 1. The highest BCUT2D eigenvalue weighted by Gasteiger charge is 2.28. The van der Waals surface area contributed by atoms with Crippen molar-refractivity contribution in [2.45, 2.75) is 25.8 Å². The molecule has 2 aromatic rings. The lowest BCUT2D eigenvalue weighted by atomic mass is 10.0. The molecule has 21 heavy (non-hydrogen) atoms. The minimum Gasteiger partial charge on any atom is -0.337 e. The molecule has 0 radical (unpaired) electrons. The highest BCUT2D eigenvalue weighted by atomic mass is 35.5. The van der Waals surface area contributed by atoms with Gasteiger partial charge < -0.3 is 9.47 Å². The Hall–Kier alpha value is -1.89. The SMILES string of the molecule is Cc1nn(C)c(C(=O)N2CCC(n3cnnc3)CC2)c1Cl. The molecule has 0 aliphatic carbocycles. The summed E-state index contributed by atoms with van der Waals surface area (Å²) in [4.78, 5) is 14.4. The Kier molecular flexibility index (Phi) is 3.67. The summed E-state index contributed by atoms with van der Waals surface area (Å²) < 4.78 is 3.56. The van der Waals surface area contributed by atoms with Gasteiger partial charge in [0.15, 0.2) is 0 Å². The van der Waals surface area contributed by atoms with Gasteiger partial charge in [0.2, 0.25) is 0 Å². The molecule has 0 unspecified atom stereocenters. The van der Waals surface area contributed by atoms with E-state index in [0.717, 1.165) is 12.8 Å². The van der Waals surface area contributed by atoms with Crippen LogP contribution in [-0.2, 0) is 7.05 Å². The van der Waals surface area contributed by atoms with Crippen molar-refractivity contribution in [3.8, 4) is 0 Å². The highest BCUT2D eigenvalue weighted by molar-refractivity contribution is 6.34. The smallest absolute Gasteiger partial charge is 0.273 e. The van der Waals surface area contributed by atoms with Gasteiger partial charge in [-0.25, -0.2) is 0 Å². The molecule has 1 fully saturated rings. The molecule has 3 heterocycles. The number of aryl methyl sites for hydroxylation is 2. The number of carbonyl (C=O) groups excluding carboxylic acids is 1. The first-order valence-corrected chi connectivity index (χ1v) is 7.28. The summed E-state index contributed by atoms with van der Waals surface area (Å²) in [5.41, 5.74) is 1.15. The first-order valence-electron chi connectivity index (χ1n) is 6.90. The summed E-state index contributed by atoms with van der Waals surface area (Å²) in [6, 6.07) is 0.354. The Morgan fingerprint density at radius 1 is 1.29 bits per heavy atom. The van der Waals surface area contributed by atoms with E-state index < -0.39 is 0 Å². The number of likely N-dealkylation sites (tertiary alicyclic amines) is 1. The van der Waals surface area contributed by atoms with E-state index in [1.54, 1.807) is 31.3 Å². The molecule has 0 atom stereocenters. The number of rotatable bonds is 2. The van der Waals surface area contributed by atoms with E-state index in [1.165, 1.54) is 0 Å². The second kappa shape index (κ2) is 5.48. The number of piperidine rings is 1. The second-order valence-corrected chi connectivity index (χ2v) is 5.68. The van der Waals surface area contributed by atoms with E-state index in [-0.39, 0.29) is 5.91 Å². The average Bonchev–Trinajstić information content (AvgIpc) is 3.08. The van der Waals surface area contributed by atoms with Crippen LogP contribution >= 0.6 is 11.6 Å². The van der Waals surface area contributed by atoms with Crippen molar-refractivity contribution in [1.82, 2.24) is 29.4 Å². The minimum atomic E-state index is -0.0506. The summed E-state index contributed by atoms with van der Waals surface area (Å²) in [7, 11) is 1.75. The summed E-state index contributed by atoms with van der Waals surface area (Å²) in [6.07, 6.45) is 5.23. The maximum Gasteiger partial charge on any atom is 0.273 e. The van der Waals surface area contributed by atoms with Gasteiger partial charge in [-0.3, -0.25) is 9.48 Å². The van der Waals surface area contributed by atoms with Crippen LogP contribution in [0.2, 0.25) is 5.02 Å². The van der Waals surface area contributed by atoms with Gasteiger partial charge in [-0.2, -0.15) is 5.10 Å². The lowest BCUT2D eigenvalue weighted by Gasteiger charge is -2.32. The third-order valence-corrected chi connectivity index (χ3v) is 4.41. The van der Waals surface area contributed by atoms with Gasteiger partial charge in [0.1, 0.15) is 18.3 Å². The fourth-order valence-electron chi connectivity index (χ4n) is 2.78. The monoisotopic (exact) mass is 308 g/mol. The lowest BCUT2D eigenvalue weighted by Crippen LogP contribution is -2.39. The third-order valence-electron chi connectivity index (χ3n) is 3.96. The fraction of sp³-hybridized carbons (Fsp3) is 0.538. The van der Waals surface area contributed by atoms with E-state index in [4.69, 9.17) is 11.6 Å². The predicted molar refractivity (Wildman–Crippen MR) is 77.2 cm³/mol. The van der Waals surface area contributed by atoms with E-state index >= 15 is 0 Å². The van der Waals surface area contributed by atoms with Crippen LogP contribution in [0.25, 0.3) is 0 Å². The van der Waals surface area contributed by atoms with Gasteiger partial charge >= 0.3 is 0 Å². The number of amides is 1. The fourth-order valence-corrected chi connectivity index (χ4v) is 3.02. The Morgan fingerprint density at radius 2 is 1.90 bits per heavy atom. The van der Waals surface area contributed by atoms with Crippen LogP contribution in [0.3, 0.4) is 0 Å². The molecule has 1 saturated heterocycles. The summed E-state index contributed by atoms with van der Waals surface area (Å²) >= 11 is 6.19.